The van der Waals surface area contributed by atoms with Gasteiger partial charge in [-0.1, -0.05) is 17.7 Å². The smallest absolute Gasteiger partial charge is 0.246 e. The van der Waals surface area contributed by atoms with Gasteiger partial charge >= 0.3 is 0 Å². The van der Waals surface area contributed by atoms with Crippen LogP contribution in [0.5, 0.6) is 11.5 Å². The molecule has 1 fully saturated rings. The molecule has 1 aromatic heterocycles. The molecule has 1 aliphatic heterocycles. The van der Waals surface area contributed by atoms with Crippen LogP contribution < -0.4 is 9.47 Å². The molecular weight excluding hydrogens is 410 g/mol. The average molecular weight is 436 g/mol. The fraction of sp³-hybridized carbons (Fsp3) is 0.409. The first-order chi connectivity index (χ1) is 14.1. The Balaban J connectivity index is 1.76. The van der Waals surface area contributed by atoms with Crippen LogP contribution in [-0.4, -0.2) is 43.8 Å². The van der Waals surface area contributed by atoms with Gasteiger partial charge in [0.1, 0.15) is 0 Å². The molecule has 0 radical (unpaired) electrons. The molecule has 3 rings (SSSR count). The van der Waals surface area contributed by atoms with Gasteiger partial charge in [0, 0.05) is 24.1 Å². The molecule has 0 spiro atoms. The monoisotopic (exact) mass is 435 g/mol. The minimum atomic E-state index is -0.0567. The zero-order valence-corrected chi connectivity index (χ0v) is 18.3. The summed E-state index contributed by atoms with van der Waals surface area (Å²) in [6, 6.07) is 7.62. The van der Waals surface area contributed by atoms with E-state index < -0.39 is 0 Å². The Labute approximate surface area is 180 Å². The predicted octanol–water partition coefficient (Wildman–Crippen LogP) is 5.03. The van der Waals surface area contributed by atoms with E-state index in [-0.39, 0.29) is 12.0 Å². The van der Waals surface area contributed by atoms with E-state index in [4.69, 9.17) is 25.8 Å². The molecule has 5 nitrogen and oxygen atoms in total. The van der Waals surface area contributed by atoms with Gasteiger partial charge in [0.25, 0.3) is 0 Å². The van der Waals surface area contributed by atoms with Gasteiger partial charge in [-0.3, -0.25) is 4.79 Å². The van der Waals surface area contributed by atoms with Crippen LogP contribution in [0.1, 0.15) is 30.2 Å². The Bertz CT molecular complexity index is 832. The van der Waals surface area contributed by atoms with Crippen LogP contribution in [0.2, 0.25) is 5.02 Å². The first kappa shape index (κ1) is 21.7. The maximum Gasteiger partial charge on any atom is 0.246 e. The number of hydrogen-bond donors (Lipinski definition) is 0. The van der Waals surface area contributed by atoms with E-state index in [0.717, 1.165) is 29.9 Å². The fourth-order valence-corrected chi connectivity index (χ4v) is 4.29. The Hall–Kier alpha value is -2.02. The van der Waals surface area contributed by atoms with E-state index in [2.05, 4.69) is 0 Å². The lowest BCUT2D eigenvalue weighted by Gasteiger charge is -2.24. The summed E-state index contributed by atoms with van der Waals surface area (Å²) in [6.45, 7) is 4.33. The van der Waals surface area contributed by atoms with Crippen molar-refractivity contribution in [2.24, 2.45) is 0 Å². The second-order valence-corrected chi connectivity index (χ2v) is 8.17. The van der Waals surface area contributed by atoms with Gasteiger partial charge in [-0.05, 0) is 55.0 Å². The zero-order chi connectivity index (χ0) is 20.6. The van der Waals surface area contributed by atoms with Crippen LogP contribution in [0.3, 0.4) is 0 Å². The first-order valence-electron chi connectivity index (χ1n) is 9.72. The van der Waals surface area contributed by atoms with Gasteiger partial charge in [0.15, 0.2) is 11.5 Å². The molecule has 2 heterocycles. The standard InChI is InChI=1S/C22H26ClNO4S/c1-3-27-20-13-16(12-19(23)22(20)26-2)8-9-21(25)24(14-17-6-4-10-28-17)15-18-7-5-11-29-18/h5,7-9,11-13,17H,3-4,6,10,14-15H2,1-2H3/b9-8+. The summed E-state index contributed by atoms with van der Waals surface area (Å²) >= 11 is 7.95. The van der Waals surface area contributed by atoms with Crippen molar-refractivity contribution in [2.75, 3.05) is 26.9 Å². The van der Waals surface area contributed by atoms with E-state index in [0.29, 0.717) is 36.2 Å². The van der Waals surface area contributed by atoms with Crippen molar-refractivity contribution in [1.29, 1.82) is 0 Å². The average Bonchev–Trinajstić information content (AvgIpc) is 3.40. The van der Waals surface area contributed by atoms with Gasteiger partial charge in [-0.2, -0.15) is 0 Å². The number of methoxy groups -OCH3 is 1. The van der Waals surface area contributed by atoms with Crippen molar-refractivity contribution in [3.05, 3.63) is 51.2 Å². The molecule has 1 unspecified atom stereocenters. The molecule has 0 aliphatic carbocycles. The molecule has 29 heavy (non-hydrogen) atoms. The summed E-state index contributed by atoms with van der Waals surface area (Å²) in [7, 11) is 1.55. The molecule has 1 saturated heterocycles. The molecular formula is C22H26ClNO4S. The Morgan fingerprint density at radius 2 is 2.31 bits per heavy atom. The largest absolute Gasteiger partial charge is 0.491 e. The summed E-state index contributed by atoms with van der Waals surface area (Å²) in [5.74, 6) is 0.998. The number of nitrogens with zero attached hydrogens (tertiary/aromatic N) is 1. The van der Waals surface area contributed by atoms with Gasteiger partial charge in [-0.25, -0.2) is 0 Å². The highest BCUT2D eigenvalue weighted by Crippen LogP contribution is 2.36. The van der Waals surface area contributed by atoms with Crippen LogP contribution in [0.25, 0.3) is 6.08 Å². The van der Waals surface area contributed by atoms with Crippen molar-refractivity contribution in [2.45, 2.75) is 32.4 Å². The number of carbonyl (C=O) groups excluding carboxylic acids is 1. The maximum atomic E-state index is 12.9. The van der Waals surface area contributed by atoms with Crippen LogP contribution in [0.15, 0.2) is 35.7 Å². The number of halogens is 1. The Kier molecular flexibility index (Phi) is 7.98. The summed E-state index contributed by atoms with van der Waals surface area (Å²) in [5.41, 5.74) is 0.779. The summed E-state index contributed by atoms with van der Waals surface area (Å²) in [5, 5.41) is 2.47. The highest BCUT2D eigenvalue weighted by atomic mass is 35.5. The number of ether oxygens (including phenoxy) is 3. The van der Waals surface area contributed by atoms with E-state index in [1.165, 1.54) is 0 Å². The van der Waals surface area contributed by atoms with Crippen molar-refractivity contribution < 1.29 is 19.0 Å². The lowest BCUT2D eigenvalue weighted by molar-refractivity contribution is -0.128. The van der Waals surface area contributed by atoms with Crippen LogP contribution in [0.4, 0.5) is 0 Å². The third-order valence-corrected chi connectivity index (χ3v) is 5.78. The third-order valence-electron chi connectivity index (χ3n) is 4.64. The SMILES string of the molecule is CCOc1cc(/C=C/C(=O)N(Cc2cccs2)CC2CCCO2)cc(Cl)c1OC. The summed E-state index contributed by atoms with van der Waals surface area (Å²) < 4.78 is 16.7. The molecule has 0 bridgehead atoms. The van der Waals surface area contributed by atoms with Crippen LogP contribution in [0, 0.1) is 0 Å². The number of carbonyl (C=O) groups is 1. The minimum absolute atomic E-state index is 0.0567. The van der Waals surface area contributed by atoms with Crippen LogP contribution in [-0.2, 0) is 16.1 Å². The second-order valence-electron chi connectivity index (χ2n) is 6.73. The normalized spacial score (nSPS) is 16.3. The fourth-order valence-electron chi connectivity index (χ4n) is 3.28. The molecule has 156 valence electrons. The van der Waals surface area contributed by atoms with Crippen molar-refractivity contribution in [3.63, 3.8) is 0 Å². The molecule has 7 heteroatoms. The lowest BCUT2D eigenvalue weighted by Crippen LogP contribution is -2.35. The van der Waals surface area contributed by atoms with Crippen molar-refractivity contribution >= 4 is 34.9 Å². The molecule has 1 aliphatic rings. The topological polar surface area (TPSA) is 48.0 Å². The molecule has 1 aromatic carbocycles. The summed E-state index contributed by atoms with van der Waals surface area (Å²) in [4.78, 5) is 15.9. The molecule has 0 N–H and O–H groups in total. The van der Waals surface area contributed by atoms with Gasteiger partial charge in [-0.15, -0.1) is 11.3 Å². The van der Waals surface area contributed by atoms with Gasteiger partial charge < -0.3 is 19.1 Å². The predicted molar refractivity (Wildman–Crippen MR) is 117 cm³/mol. The van der Waals surface area contributed by atoms with Crippen molar-refractivity contribution in [1.82, 2.24) is 4.90 Å². The van der Waals surface area contributed by atoms with Crippen molar-refractivity contribution in [3.8, 4) is 11.5 Å². The minimum Gasteiger partial charge on any atom is -0.491 e. The van der Waals surface area contributed by atoms with Gasteiger partial charge in [0.05, 0.1) is 31.4 Å². The van der Waals surface area contributed by atoms with E-state index in [9.17, 15) is 4.79 Å². The number of rotatable bonds is 9. The first-order valence-corrected chi connectivity index (χ1v) is 11.0. The van der Waals surface area contributed by atoms with Gasteiger partial charge in [0.2, 0.25) is 5.91 Å². The van der Waals surface area contributed by atoms with E-state index in [1.807, 2.05) is 35.4 Å². The number of amides is 1. The maximum absolute atomic E-state index is 12.9. The van der Waals surface area contributed by atoms with E-state index in [1.54, 1.807) is 36.7 Å². The molecule has 0 saturated carbocycles. The number of hydrogen-bond acceptors (Lipinski definition) is 5. The highest BCUT2D eigenvalue weighted by Gasteiger charge is 2.22. The lowest BCUT2D eigenvalue weighted by atomic mass is 10.1. The zero-order valence-electron chi connectivity index (χ0n) is 16.7. The molecule has 1 amide bonds. The molecule has 1 atom stereocenters. The Morgan fingerprint density at radius 3 is 2.97 bits per heavy atom. The second kappa shape index (κ2) is 10.7. The molecule has 2 aromatic rings. The quantitative estimate of drug-likeness (QED) is 0.518. The summed E-state index contributed by atoms with van der Waals surface area (Å²) in [6.07, 6.45) is 5.48. The Morgan fingerprint density at radius 1 is 1.45 bits per heavy atom. The number of benzene rings is 1. The number of thiophene rings is 1. The third kappa shape index (κ3) is 5.98. The highest BCUT2D eigenvalue weighted by molar-refractivity contribution is 7.09. The van der Waals surface area contributed by atoms with E-state index >= 15 is 0 Å². The van der Waals surface area contributed by atoms with Crippen LogP contribution >= 0.6 is 22.9 Å².